The fourth-order valence-corrected chi connectivity index (χ4v) is 4.89. The molecule has 0 radical (unpaired) electrons. The number of piperidine rings is 2. The van der Waals surface area contributed by atoms with E-state index in [2.05, 4.69) is 0 Å². The van der Waals surface area contributed by atoms with Crippen molar-refractivity contribution in [2.45, 2.75) is 25.3 Å². The van der Waals surface area contributed by atoms with E-state index >= 15 is 0 Å². The van der Waals surface area contributed by atoms with Gasteiger partial charge in [-0.3, -0.25) is 9.59 Å². The molecule has 2 aliphatic rings. The lowest BCUT2D eigenvalue weighted by Gasteiger charge is -2.47. The zero-order valence-electron chi connectivity index (χ0n) is 15.3. The van der Waals surface area contributed by atoms with Crippen LogP contribution >= 0.6 is 11.3 Å². The molecule has 6 heteroatoms. The Labute approximate surface area is 163 Å². The van der Waals surface area contributed by atoms with Crippen molar-refractivity contribution in [3.05, 3.63) is 52.7 Å². The zero-order chi connectivity index (χ0) is 18.6. The predicted octanol–water partition coefficient (Wildman–Crippen LogP) is 3.28. The lowest BCUT2D eigenvalue weighted by atomic mass is 9.83. The van der Waals surface area contributed by atoms with Crippen LogP contribution in [0.25, 0.3) is 0 Å². The lowest BCUT2D eigenvalue weighted by Crippen LogP contribution is -2.57. The van der Waals surface area contributed by atoms with Crippen molar-refractivity contribution in [1.29, 1.82) is 0 Å². The van der Waals surface area contributed by atoms with Gasteiger partial charge >= 0.3 is 0 Å². The molecular formula is C21H24N2O3S. The summed E-state index contributed by atoms with van der Waals surface area (Å²) in [5.41, 5.74) is 0. The standard InChI is InChI=1S/C21H24N2O3S/c24-20(15-26-17-7-2-1-3-8-17)23-11-4-6-16-14-22(12-10-18(16)23)21(25)19-9-5-13-27-19/h1-3,5,7-9,13,16,18H,4,6,10-12,14-15H2/t16-,18+/m1/s1. The van der Waals surface area contributed by atoms with Gasteiger partial charge in [0.2, 0.25) is 0 Å². The number of likely N-dealkylation sites (tertiary alicyclic amines) is 2. The van der Waals surface area contributed by atoms with Crippen molar-refractivity contribution in [3.63, 3.8) is 0 Å². The van der Waals surface area contributed by atoms with E-state index in [-0.39, 0.29) is 24.5 Å². The Hall–Kier alpha value is -2.34. The maximum atomic E-state index is 12.8. The Morgan fingerprint density at radius 1 is 1.07 bits per heavy atom. The Bertz CT molecular complexity index is 778. The molecule has 2 aliphatic heterocycles. The molecule has 142 valence electrons. The fourth-order valence-electron chi connectivity index (χ4n) is 4.20. The molecule has 0 aliphatic carbocycles. The maximum Gasteiger partial charge on any atom is 0.263 e. The van der Waals surface area contributed by atoms with E-state index in [9.17, 15) is 9.59 Å². The van der Waals surface area contributed by atoms with Crippen LogP contribution < -0.4 is 4.74 Å². The van der Waals surface area contributed by atoms with Crippen LogP contribution in [0.4, 0.5) is 0 Å². The van der Waals surface area contributed by atoms with Crippen LogP contribution in [-0.4, -0.2) is 53.9 Å². The van der Waals surface area contributed by atoms with Crippen molar-refractivity contribution < 1.29 is 14.3 Å². The molecule has 3 heterocycles. The number of hydrogen-bond acceptors (Lipinski definition) is 4. The van der Waals surface area contributed by atoms with Gasteiger partial charge < -0.3 is 14.5 Å². The Morgan fingerprint density at radius 2 is 1.93 bits per heavy atom. The van der Waals surface area contributed by atoms with Crippen molar-refractivity contribution in [2.75, 3.05) is 26.2 Å². The third-order valence-corrected chi connectivity index (χ3v) is 6.37. The van der Waals surface area contributed by atoms with Crippen LogP contribution in [0.1, 0.15) is 28.9 Å². The van der Waals surface area contributed by atoms with Crippen LogP contribution in [0.5, 0.6) is 5.75 Å². The number of carbonyl (C=O) groups is 2. The zero-order valence-corrected chi connectivity index (χ0v) is 16.1. The first kappa shape index (κ1) is 18.0. The van der Waals surface area contributed by atoms with Gasteiger partial charge in [0.25, 0.3) is 11.8 Å². The number of benzene rings is 1. The van der Waals surface area contributed by atoms with Crippen LogP contribution in [0.15, 0.2) is 47.8 Å². The second kappa shape index (κ2) is 8.13. The van der Waals surface area contributed by atoms with E-state index in [1.54, 1.807) is 0 Å². The summed E-state index contributed by atoms with van der Waals surface area (Å²) in [5, 5.41) is 1.94. The summed E-state index contributed by atoms with van der Waals surface area (Å²) in [4.78, 5) is 30.1. The van der Waals surface area contributed by atoms with Gasteiger partial charge in [-0.15, -0.1) is 11.3 Å². The van der Waals surface area contributed by atoms with Crippen LogP contribution in [0, 0.1) is 5.92 Å². The first-order chi connectivity index (χ1) is 13.2. The minimum absolute atomic E-state index is 0.0478. The molecule has 0 spiro atoms. The van der Waals surface area contributed by atoms with Crippen molar-refractivity contribution >= 4 is 23.2 Å². The average Bonchev–Trinajstić information content (AvgIpc) is 3.26. The Balaban J connectivity index is 1.36. The summed E-state index contributed by atoms with van der Waals surface area (Å²) >= 11 is 1.49. The number of ether oxygens (including phenoxy) is 1. The summed E-state index contributed by atoms with van der Waals surface area (Å²) in [5.74, 6) is 1.25. The van der Waals surface area contributed by atoms with E-state index in [0.717, 1.165) is 43.0 Å². The molecule has 4 rings (SSSR count). The third kappa shape index (κ3) is 4.00. The fraction of sp³-hybridized carbons (Fsp3) is 0.429. The van der Waals surface area contributed by atoms with E-state index in [1.165, 1.54) is 11.3 Å². The Morgan fingerprint density at radius 3 is 2.70 bits per heavy atom. The van der Waals surface area contributed by atoms with Crippen LogP contribution in [0.2, 0.25) is 0 Å². The van der Waals surface area contributed by atoms with Crippen LogP contribution in [0.3, 0.4) is 0 Å². The number of amides is 2. The molecule has 0 bridgehead atoms. The minimum atomic E-state index is 0.0478. The molecule has 5 nitrogen and oxygen atoms in total. The second-order valence-corrected chi connectivity index (χ2v) is 8.12. The Kier molecular flexibility index (Phi) is 5.43. The molecule has 0 unspecified atom stereocenters. The van der Waals surface area contributed by atoms with Gasteiger partial charge in [-0.2, -0.15) is 0 Å². The molecular weight excluding hydrogens is 360 g/mol. The first-order valence-electron chi connectivity index (χ1n) is 9.52. The summed E-state index contributed by atoms with van der Waals surface area (Å²) in [7, 11) is 0. The predicted molar refractivity (Wildman–Crippen MR) is 105 cm³/mol. The average molecular weight is 385 g/mol. The molecule has 1 aromatic heterocycles. The molecule has 27 heavy (non-hydrogen) atoms. The van der Waals surface area contributed by atoms with Crippen molar-refractivity contribution in [2.24, 2.45) is 5.92 Å². The number of rotatable bonds is 4. The smallest absolute Gasteiger partial charge is 0.263 e. The van der Waals surface area contributed by atoms with Crippen molar-refractivity contribution in [3.8, 4) is 5.75 Å². The summed E-state index contributed by atoms with van der Waals surface area (Å²) in [6, 6.07) is 13.5. The highest BCUT2D eigenvalue weighted by Gasteiger charge is 2.39. The van der Waals surface area contributed by atoms with Gasteiger partial charge in [-0.25, -0.2) is 0 Å². The number of nitrogens with zero attached hydrogens (tertiary/aromatic N) is 2. The molecule has 2 amide bonds. The molecule has 0 N–H and O–H groups in total. The summed E-state index contributed by atoms with van der Waals surface area (Å²) in [6.07, 6.45) is 2.90. The van der Waals surface area contributed by atoms with Gasteiger partial charge in [0.05, 0.1) is 4.88 Å². The van der Waals surface area contributed by atoms with E-state index in [4.69, 9.17) is 4.74 Å². The van der Waals surface area contributed by atoms with Gasteiger partial charge in [-0.05, 0) is 48.8 Å². The third-order valence-electron chi connectivity index (χ3n) is 5.51. The van der Waals surface area contributed by atoms with Crippen molar-refractivity contribution in [1.82, 2.24) is 9.80 Å². The largest absolute Gasteiger partial charge is 0.484 e. The number of thiophene rings is 1. The highest BCUT2D eigenvalue weighted by atomic mass is 32.1. The lowest BCUT2D eigenvalue weighted by molar-refractivity contribution is -0.140. The molecule has 0 saturated carbocycles. The minimum Gasteiger partial charge on any atom is -0.484 e. The van der Waals surface area contributed by atoms with Gasteiger partial charge in [0.1, 0.15) is 5.75 Å². The molecule has 2 fully saturated rings. The topological polar surface area (TPSA) is 49.9 Å². The first-order valence-corrected chi connectivity index (χ1v) is 10.4. The second-order valence-electron chi connectivity index (χ2n) is 7.18. The highest BCUT2D eigenvalue weighted by molar-refractivity contribution is 7.12. The van der Waals surface area contributed by atoms with Crippen LogP contribution in [-0.2, 0) is 4.79 Å². The van der Waals surface area contributed by atoms with E-state index < -0.39 is 0 Å². The summed E-state index contributed by atoms with van der Waals surface area (Å²) < 4.78 is 5.65. The normalized spacial score (nSPS) is 22.2. The molecule has 2 aromatic rings. The van der Waals surface area contributed by atoms with E-state index in [1.807, 2.05) is 57.6 Å². The number of hydrogen-bond donors (Lipinski definition) is 0. The number of carbonyl (C=O) groups excluding carboxylic acids is 2. The van der Waals surface area contributed by atoms with Gasteiger partial charge in [0.15, 0.2) is 6.61 Å². The highest BCUT2D eigenvalue weighted by Crippen LogP contribution is 2.31. The van der Waals surface area contributed by atoms with E-state index in [0.29, 0.717) is 12.5 Å². The van der Waals surface area contributed by atoms with Gasteiger partial charge in [0, 0.05) is 25.7 Å². The van der Waals surface area contributed by atoms with Gasteiger partial charge in [-0.1, -0.05) is 24.3 Å². The molecule has 2 atom stereocenters. The molecule has 1 aromatic carbocycles. The SMILES string of the molecule is O=C(c1cccs1)N1CC[C@H]2[C@H](CCCN2C(=O)COc2ccccc2)C1. The number of fused-ring (bicyclic) bond motifs is 1. The summed E-state index contributed by atoms with van der Waals surface area (Å²) in [6.45, 7) is 2.31. The number of para-hydroxylation sites is 1. The quantitative estimate of drug-likeness (QED) is 0.813. The monoisotopic (exact) mass is 384 g/mol. The molecule has 2 saturated heterocycles. The maximum absolute atomic E-state index is 12.8.